The molecule has 98 valence electrons. The van der Waals surface area contributed by atoms with Crippen molar-refractivity contribution in [2.45, 2.75) is 45.1 Å². The van der Waals surface area contributed by atoms with Gasteiger partial charge in [0.2, 0.25) is 5.96 Å². The molecule has 1 aromatic rings. The topological polar surface area (TPSA) is 75.3 Å². The van der Waals surface area contributed by atoms with Crippen LogP contribution in [0, 0.1) is 6.92 Å². The van der Waals surface area contributed by atoms with E-state index in [9.17, 15) is 0 Å². The number of pyridine rings is 1. The van der Waals surface area contributed by atoms with Gasteiger partial charge in [-0.2, -0.15) is 0 Å². The third-order valence-corrected chi connectivity index (χ3v) is 3.32. The van der Waals surface area contributed by atoms with Crippen LogP contribution in [0.25, 0.3) is 0 Å². The molecule has 0 atom stereocenters. The monoisotopic (exact) mass is 247 g/mol. The lowest BCUT2D eigenvalue weighted by Crippen LogP contribution is -2.37. The number of rotatable bonds is 2. The fourth-order valence-corrected chi connectivity index (χ4v) is 2.22. The molecule has 5 heteroatoms. The number of anilines is 1. The van der Waals surface area contributed by atoms with E-state index >= 15 is 0 Å². The minimum Gasteiger partial charge on any atom is -0.324 e. The number of guanidine groups is 1. The van der Waals surface area contributed by atoms with Crippen LogP contribution in [-0.4, -0.2) is 17.0 Å². The number of hydrogen-bond donors (Lipinski definition) is 3. The highest BCUT2D eigenvalue weighted by Gasteiger charge is 2.13. The third kappa shape index (κ3) is 3.43. The number of aryl methyl sites for hydroxylation is 1. The average Bonchev–Trinajstić information content (AvgIpc) is 2.41. The second-order valence-electron chi connectivity index (χ2n) is 4.73. The Bertz CT molecular complexity index is 410. The van der Waals surface area contributed by atoms with Crippen molar-refractivity contribution in [3.63, 3.8) is 0 Å². The van der Waals surface area contributed by atoms with Gasteiger partial charge in [0.15, 0.2) is 0 Å². The van der Waals surface area contributed by atoms with Gasteiger partial charge in [-0.3, -0.25) is 10.4 Å². The van der Waals surface area contributed by atoms with Crippen LogP contribution in [0.2, 0.25) is 0 Å². The van der Waals surface area contributed by atoms with E-state index in [0.717, 1.165) is 24.1 Å². The van der Waals surface area contributed by atoms with Gasteiger partial charge in [0.05, 0.1) is 17.9 Å². The van der Waals surface area contributed by atoms with E-state index in [4.69, 9.17) is 5.84 Å². The van der Waals surface area contributed by atoms with Gasteiger partial charge in [0.1, 0.15) is 0 Å². The summed E-state index contributed by atoms with van der Waals surface area (Å²) in [6.45, 7) is 2.03. The van der Waals surface area contributed by atoms with Gasteiger partial charge >= 0.3 is 0 Å². The largest absolute Gasteiger partial charge is 0.324 e. The number of aliphatic imine (C=N–C) groups is 1. The maximum atomic E-state index is 5.52. The van der Waals surface area contributed by atoms with E-state index in [0.29, 0.717) is 12.0 Å². The molecule has 0 amide bonds. The lowest BCUT2D eigenvalue weighted by Gasteiger charge is -2.19. The third-order valence-electron chi connectivity index (χ3n) is 3.32. The predicted molar refractivity (Wildman–Crippen MR) is 74.2 cm³/mol. The molecule has 1 aromatic heterocycles. The minimum absolute atomic E-state index is 0.384. The lowest BCUT2D eigenvalue weighted by atomic mass is 9.96. The van der Waals surface area contributed by atoms with Crippen LogP contribution in [0.4, 0.5) is 5.69 Å². The molecular weight excluding hydrogens is 226 g/mol. The molecule has 1 saturated carbocycles. The first-order valence-corrected chi connectivity index (χ1v) is 6.51. The maximum absolute atomic E-state index is 5.52. The SMILES string of the molecule is Cc1ccncc1NC(=NC1CCCCC1)NN. The van der Waals surface area contributed by atoms with Crippen molar-refractivity contribution in [3.8, 4) is 0 Å². The predicted octanol–water partition coefficient (Wildman–Crippen LogP) is 1.95. The number of hydrazine groups is 1. The summed E-state index contributed by atoms with van der Waals surface area (Å²) < 4.78 is 0. The van der Waals surface area contributed by atoms with Crippen molar-refractivity contribution in [1.82, 2.24) is 10.4 Å². The van der Waals surface area contributed by atoms with Gasteiger partial charge in [-0.05, 0) is 31.4 Å². The molecule has 18 heavy (non-hydrogen) atoms. The van der Waals surface area contributed by atoms with Gasteiger partial charge in [-0.1, -0.05) is 19.3 Å². The molecule has 0 bridgehead atoms. The average molecular weight is 247 g/mol. The zero-order valence-electron chi connectivity index (χ0n) is 10.8. The summed E-state index contributed by atoms with van der Waals surface area (Å²) in [6, 6.07) is 2.34. The summed E-state index contributed by atoms with van der Waals surface area (Å²) in [5, 5.41) is 3.20. The maximum Gasteiger partial charge on any atom is 0.210 e. The number of nitrogens with two attached hydrogens (primary N) is 1. The second kappa shape index (κ2) is 6.35. The summed E-state index contributed by atoms with van der Waals surface area (Å²) >= 11 is 0. The molecule has 1 heterocycles. The molecule has 4 N–H and O–H groups in total. The Morgan fingerprint density at radius 2 is 2.17 bits per heavy atom. The van der Waals surface area contributed by atoms with Crippen LogP contribution in [0.15, 0.2) is 23.5 Å². The lowest BCUT2D eigenvalue weighted by molar-refractivity contribution is 0.442. The highest BCUT2D eigenvalue weighted by Crippen LogP contribution is 2.20. The summed E-state index contributed by atoms with van der Waals surface area (Å²) in [7, 11) is 0. The van der Waals surface area contributed by atoms with Crippen LogP contribution in [0.5, 0.6) is 0 Å². The van der Waals surface area contributed by atoms with Gasteiger partial charge < -0.3 is 5.32 Å². The number of nitrogens with one attached hydrogen (secondary N) is 2. The van der Waals surface area contributed by atoms with Crippen molar-refractivity contribution >= 4 is 11.6 Å². The second-order valence-corrected chi connectivity index (χ2v) is 4.73. The highest BCUT2D eigenvalue weighted by molar-refractivity contribution is 5.93. The zero-order chi connectivity index (χ0) is 12.8. The van der Waals surface area contributed by atoms with Crippen LogP contribution < -0.4 is 16.6 Å². The fourth-order valence-electron chi connectivity index (χ4n) is 2.22. The summed E-state index contributed by atoms with van der Waals surface area (Å²) in [4.78, 5) is 8.73. The Balaban J connectivity index is 2.04. The molecule has 0 aliphatic heterocycles. The Kier molecular flexibility index (Phi) is 4.52. The van der Waals surface area contributed by atoms with Crippen LogP contribution in [-0.2, 0) is 0 Å². The molecule has 0 unspecified atom stereocenters. The zero-order valence-corrected chi connectivity index (χ0v) is 10.8. The van der Waals surface area contributed by atoms with E-state index < -0.39 is 0 Å². The number of hydrogen-bond acceptors (Lipinski definition) is 3. The molecule has 1 fully saturated rings. The van der Waals surface area contributed by atoms with Crippen LogP contribution in [0.3, 0.4) is 0 Å². The van der Waals surface area contributed by atoms with Gasteiger partial charge in [0.25, 0.3) is 0 Å². The summed E-state index contributed by atoms with van der Waals surface area (Å²) in [6.07, 6.45) is 9.71. The highest BCUT2D eigenvalue weighted by atomic mass is 15.3. The van der Waals surface area contributed by atoms with Crippen molar-refractivity contribution in [2.75, 3.05) is 5.32 Å². The molecule has 2 rings (SSSR count). The fraction of sp³-hybridized carbons (Fsp3) is 0.538. The Morgan fingerprint density at radius 1 is 1.39 bits per heavy atom. The minimum atomic E-state index is 0.384. The molecular formula is C13H21N5. The molecule has 0 spiro atoms. The van der Waals surface area contributed by atoms with Crippen molar-refractivity contribution in [1.29, 1.82) is 0 Å². The Hall–Kier alpha value is -1.62. The van der Waals surface area contributed by atoms with E-state index in [2.05, 4.69) is 20.7 Å². The summed E-state index contributed by atoms with van der Waals surface area (Å²) in [5.41, 5.74) is 4.69. The molecule has 0 saturated heterocycles. The molecule has 1 aliphatic rings. The van der Waals surface area contributed by atoms with Crippen LogP contribution >= 0.6 is 0 Å². The first kappa shape index (κ1) is 12.8. The molecule has 0 aromatic carbocycles. The number of nitrogens with zero attached hydrogens (tertiary/aromatic N) is 2. The van der Waals surface area contributed by atoms with E-state index in [1.807, 2.05) is 13.0 Å². The van der Waals surface area contributed by atoms with Crippen molar-refractivity contribution in [2.24, 2.45) is 10.8 Å². The standard InChI is InChI=1S/C13H21N5/c1-10-7-8-15-9-12(10)17-13(18-14)16-11-5-3-2-4-6-11/h7-9,11H,2-6,14H2,1H3,(H2,16,17,18). The molecule has 0 radical (unpaired) electrons. The Morgan fingerprint density at radius 3 is 2.83 bits per heavy atom. The first-order chi connectivity index (χ1) is 8.79. The Labute approximate surface area is 108 Å². The first-order valence-electron chi connectivity index (χ1n) is 6.51. The van der Waals surface area contributed by atoms with Gasteiger partial charge in [0, 0.05) is 6.20 Å². The van der Waals surface area contributed by atoms with E-state index in [1.165, 1.54) is 19.3 Å². The molecule has 1 aliphatic carbocycles. The van der Waals surface area contributed by atoms with Gasteiger partial charge in [-0.25, -0.2) is 10.8 Å². The van der Waals surface area contributed by atoms with Crippen LogP contribution in [0.1, 0.15) is 37.7 Å². The van der Waals surface area contributed by atoms with E-state index in [1.54, 1.807) is 12.4 Å². The smallest absolute Gasteiger partial charge is 0.210 e. The number of aromatic nitrogens is 1. The molecule has 5 nitrogen and oxygen atoms in total. The van der Waals surface area contributed by atoms with E-state index in [-0.39, 0.29) is 0 Å². The quantitative estimate of drug-likeness (QED) is 0.323. The normalized spacial score (nSPS) is 17.6. The van der Waals surface area contributed by atoms with Crippen molar-refractivity contribution in [3.05, 3.63) is 24.0 Å². The summed E-state index contributed by atoms with van der Waals surface area (Å²) in [5.74, 6) is 6.15. The van der Waals surface area contributed by atoms with Gasteiger partial charge in [-0.15, -0.1) is 0 Å². The van der Waals surface area contributed by atoms with Crippen molar-refractivity contribution < 1.29 is 0 Å².